The molecule has 0 amide bonds. The molecule has 0 aliphatic rings. The number of allylic oxidation sites excluding steroid dienone is 1. The summed E-state index contributed by atoms with van der Waals surface area (Å²) in [7, 11) is 0. The molecule has 0 saturated heterocycles. The van der Waals surface area contributed by atoms with Gasteiger partial charge in [0.25, 0.3) is 0 Å². The van der Waals surface area contributed by atoms with Crippen LogP contribution in [-0.2, 0) is 17.1 Å². The van der Waals surface area contributed by atoms with Crippen molar-refractivity contribution in [1.29, 1.82) is 0 Å². The molecule has 26 valence electrons. The Labute approximate surface area is 40.9 Å². The van der Waals surface area contributed by atoms with Gasteiger partial charge in [0.15, 0.2) is 0 Å². The molecule has 0 aromatic rings. The second kappa shape index (κ2) is 4.36. The van der Waals surface area contributed by atoms with Crippen molar-refractivity contribution in [2.75, 3.05) is 0 Å². The maximum absolute atomic E-state index is 3.60. The molecule has 0 spiro atoms. The van der Waals surface area contributed by atoms with Gasteiger partial charge in [-0.1, -0.05) is 0 Å². The van der Waals surface area contributed by atoms with E-state index in [0.29, 0.717) is 0 Å². The van der Waals surface area contributed by atoms with Crippen LogP contribution in [0.1, 0.15) is 0 Å². The zero-order valence-electron chi connectivity index (χ0n) is 3.70. The van der Waals surface area contributed by atoms with Crippen LogP contribution in [0.2, 0.25) is 10.5 Å². The monoisotopic (exact) mass is 120 g/mol. The van der Waals surface area contributed by atoms with Crippen molar-refractivity contribution in [2.45, 2.75) is 10.5 Å². The van der Waals surface area contributed by atoms with Gasteiger partial charge in [-0.2, -0.15) is 0 Å². The third-order valence-corrected chi connectivity index (χ3v) is 2.56. The minimum atomic E-state index is -0.0295. The Hall–Kier alpha value is 0.363. The van der Waals surface area contributed by atoms with E-state index in [1.54, 1.807) is 0 Å². The normalized spacial score (nSPS) is 5.80. The van der Waals surface area contributed by atoms with Crippen LogP contribution in [0, 0.1) is 0 Å². The van der Waals surface area contributed by atoms with Crippen molar-refractivity contribution in [3.05, 3.63) is 12.7 Å². The first-order chi connectivity index (χ1) is 2.41. The van der Waals surface area contributed by atoms with Gasteiger partial charge in [-0.05, 0) is 0 Å². The van der Waals surface area contributed by atoms with Crippen LogP contribution in [0.4, 0.5) is 0 Å². The Morgan fingerprint density at radius 2 is 2.60 bits per heavy atom. The summed E-state index contributed by atoms with van der Waals surface area (Å²) < 4.78 is 0. The predicted octanol–water partition coefficient (Wildman–Crippen LogP) is 1.72. The molecule has 0 N–H and O–H groups in total. The summed E-state index contributed by atoms with van der Waals surface area (Å²) in [6, 6.07) is 0. The van der Waals surface area contributed by atoms with E-state index in [-0.39, 0.29) is 17.1 Å². The molecular weight excluding hydrogens is 113 g/mol. The molecule has 0 radical (unpaired) electrons. The van der Waals surface area contributed by atoms with Gasteiger partial charge in [-0.3, -0.25) is 0 Å². The van der Waals surface area contributed by atoms with Crippen molar-refractivity contribution in [3.8, 4) is 0 Å². The van der Waals surface area contributed by atoms with Gasteiger partial charge >= 0.3 is 40.3 Å². The third kappa shape index (κ3) is 4.36. The van der Waals surface area contributed by atoms with Gasteiger partial charge < -0.3 is 0 Å². The molecule has 0 fully saturated rings. The first-order valence-electron chi connectivity index (χ1n) is 2.02. The van der Waals surface area contributed by atoms with Crippen LogP contribution in [0.3, 0.4) is 0 Å². The van der Waals surface area contributed by atoms with Crippen LogP contribution < -0.4 is 0 Å². The average molecular weight is 121 g/mol. The Balaban J connectivity index is 2.40. The third-order valence-electron chi connectivity index (χ3n) is 0.493. The molecule has 0 aliphatic carbocycles. The van der Waals surface area contributed by atoms with E-state index in [2.05, 4.69) is 12.1 Å². The maximum atomic E-state index is 3.60. The second-order valence-electron chi connectivity index (χ2n) is 1.08. The minimum absolute atomic E-state index is 0.0295. The number of hydrogen-bond donors (Lipinski definition) is 0. The van der Waals surface area contributed by atoms with E-state index in [1.165, 1.54) is 5.02 Å². The first-order valence-corrected chi connectivity index (χ1v) is 7.09. The van der Waals surface area contributed by atoms with Crippen LogP contribution in [0.15, 0.2) is 12.7 Å². The standard InChI is InChI=1S/C3H5.CH3.Zn/c1-3-2;;/h3H,1-2H2;1H3;. The molecule has 0 heterocycles. The Bertz CT molecular complexity index is 24.8. The fraction of sp³-hybridized carbons (Fsp3) is 0.500. The Kier molecular flexibility index (Phi) is 4.68. The van der Waals surface area contributed by atoms with Crippen LogP contribution in [0.25, 0.3) is 0 Å². The van der Waals surface area contributed by atoms with Gasteiger partial charge in [0.2, 0.25) is 0 Å². The molecule has 0 nitrogen and oxygen atoms in total. The number of hydrogen-bond acceptors (Lipinski definition) is 0. The molecule has 5 heavy (non-hydrogen) atoms. The van der Waals surface area contributed by atoms with Gasteiger partial charge in [0.05, 0.1) is 0 Å². The molecule has 1 heteroatoms. The Morgan fingerprint density at radius 1 is 2.00 bits per heavy atom. The molecule has 0 saturated carbocycles. The molecule has 0 aliphatic heterocycles. The zero-order chi connectivity index (χ0) is 4.12. The fourth-order valence-electron chi connectivity index (χ4n) is 0.204. The van der Waals surface area contributed by atoms with Crippen molar-refractivity contribution in [3.63, 3.8) is 0 Å². The molecule has 0 bridgehead atoms. The quantitative estimate of drug-likeness (QED) is 0.386. The van der Waals surface area contributed by atoms with E-state index in [1.807, 2.05) is 6.08 Å². The van der Waals surface area contributed by atoms with Crippen LogP contribution in [0.5, 0.6) is 0 Å². The van der Waals surface area contributed by atoms with Crippen molar-refractivity contribution in [2.24, 2.45) is 0 Å². The fourth-order valence-corrected chi connectivity index (χ4v) is 1.06. The van der Waals surface area contributed by atoms with E-state index >= 15 is 0 Å². The first kappa shape index (κ1) is 5.36. The summed E-state index contributed by atoms with van der Waals surface area (Å²) in [5, 5.41) is 1.34. The van der Waals surface area contributed by atoms with Gasteiger partial charge in [0, 0.05) is 0 Å². The molecule has 0 unspecified atom stereocenters. The van der Waals surface area contributed by atoms with Gasteiger partial charge in [-0.25, -0.2) is 0 Å². The van der Waals surface area contributed by atoms with E-state index < -0.39 is 0 Å². The summed E-state index contributed by atoms with van der Waals surface area (Å²) in [6.45, 7) is 3.60. The average Bonchev–Trinajstić information content (AvgIpc) is 1.41. The van der Waals surface area contributed by atoms with E-state index in [0.717, 1.165) is 0 Å². The summed E-state index contributed by atoms with van der Waals surface area (Å²) in [5.41, 5.74) is 2.33. The van der Waals surface area contributed by atoms with Crippen LogP contribution in [-0.4, -0.2) is 0 Å². The SMILES string of the molecule is C=C[CH2][Zn][CH3]. The molecule has 0 rings (SSSR count). The molecular formula is C4H8Zn. The molecule has 0 atom stereocenters. The van der Waals surface area contributed by atoms with E-state index in [9.17, 15) is 0 Å². The Morgan fingerprint density at radius 3 is 2.60 bits per heavy atom. The predicted molar refractivity (Wildman–Crippen MR) is 20.9 cm³/mol. The summed E-state index contributed by atoms with van der Waals surface area (Å²) in [6.07, 6.45) is 2.01. The molecule has 0 aromatic heterocycles. The summed E-state index contributed by atoms with van der Waals surface area (Å²) in [5.74, 6) is 0. The van der Waals surface area contributed by atoms with Crippen molar-refractivity contribution < 1.29 is 17.1 Å². The zero-order valence-corrected chi connectivity index (χ0v) is 6.67. The van der Waals surface area contributed by atoms with Crippen molar-refractivity contribution >= 4 is 0 Å². The summed E-state index contributed by atoms with van der Waals surface area (Å²) >= 11 is -0.0295. The van der Waals surface area contributed by atoms with Gasteiger partial charge in [0.1, 0.15) is 0 Å². The van der Waals surface area contributed by atoms with Gasteiger partial charge in [-0.15, -0.1) is 0 Å². The van der Waals surface area contributed by atoms with Crippen molar-refractivity contribution in [1.82, 2.24) is 0 Å². The van der Waals surface area contributed by atoms with Crippen LogP contribution >= 0.6 is 0 Å². The number of rotatable bonds is 2. The topological polar surface area (TPSA) is 0 Å². The molecule has 0 aromatic carbocycles. The van der Waals surface area contributed by atoms with E-state index in [4.69, 9.17) is 0 Å². The second-order valence-corrected chi connectivity index (χ2v) is 4.39. The summed E-state index contributed by atoms with van der Waals surface area (Å²) in [4.78, 5) is 0.